The van der Waals surface area contributed by atoms with Gasteiger partial charge in [-0.25, -0.2) is 28.6 Å². The Balaban J connectivity index is 0.948. The maximum absolute atomic E-state index is 13.4. The number of nitro groups is 1. The molecule has 0 bridgehead atoms. The number of aromatic nitrogens is 6. The summed E-state index contributed by atoms with van der Waals surface area (Å²) in [4.78, 5) is 64.5. The normalized spacial score (nSPS) is 16.3. The highest BCUT2D eigenvalue weighted by Gasteiger charge is 2.32. The third-order valence-corrected chi connectivity index (χ3v) is 9.64. The topological polar surface area (TPSA) is 225 Å². The monoisotopic (exact) mass is 828 g/mol. The third kappa shape index (κ3) is 11.6. The number of imidazole rings is 1. The van der Waals surface area contributed by atoms with E-state index < -0.39 is 28.7 Å². The number of nitrogens with zero attached hydrogens (tertiary/aromatic N) is 8. The minimum Gasteiger partial charge on any atom is -0.476 e. The van der Waals surface area contributed by atoms with Crippen molar-refractivity contribution in [3.8, 4) is 5.88 Å². The standard InChI is InChI=1S/C36H46Cl2N12O7/c1-36(2,3)57-35(53)45-25(7-6-13-48-15-11-39-34(48)50(54)55)31(51)42-24-10-14-47(21-24)12-4-5-16-56-32-26(17-23(37)19-41-32)43-33(52)44-27-20-40-29-18-28(38)46-49(29)30(27)22-8-9-22/h11,15,17-20,22,24-25H,4-10,12-14,16,21H2,1-3H3,(H,42,51)(H,45,53)(H2,43,44,52)/t24-,25+/m1/s1. The molecule has 19 nitrogen and oxygen atoms in total. The van der Waals surface area contributed by atoms with Crippen molar-refractivity contribution < 1.29 is 28.8 Å². The highest BCUT2D eigenvalue weighted by atomic mass is 35.5. The number of fused-ring (bicyclic) bond motifs is 1. The fraction of sp³-hybridized carbons (Fsp3) is 0.528. The molecule has 0 radical (unpaired) electrons. The number of nitrogens with one attached hydrogen (secondary N) is 4. The lowest BCUT2D eigenvalue weighted by molar-refractivity contribution is -0.396. The van der Waals surface area contributed by atoms with Crippen LogP contribution in [-0.2, 0) is 16.1 Å². The molecule has 21 heteroatoms. The second-order valence-corrected chi connectivity index (χ2v) is 15.8. The Hall–Kier alpha value is -5.27. The number of aryl methyl sites for hydroxylation is 1. The van der Waals surface area contributed by atoms with Crippen LogP contribution in [0, 0.1) is 10.1 Å². The quantitative estimate of drug-likeness (QED) is 0.0565. The molecule has 2 fully saturated rings. The molecule has 4 N–H and O–H groups in total. The van der Waals surface area contributed by atoms with E-state index in [1.807, 2.05) is 0 Å². The Morgan fingerprint density at radius 1 is 1.02 bits per heavy atom. The largest absolute Gasteiger partial charge is 0.476 e. The Morgan fingerprint density at radius 2 is 1.81 bits per heavy atom. The van der Waals surface area contributed by atoms with Gasteiger partial charge in [0.1, 0.15) is 29.7 Å². The van der Waals surface area contributed by atoms with Crippen molar-refractivity contribution in [1.29, 1.82) is 0 Å². The molecule has 4 amide bonds. The zero-order chi connectivity index (χ0) is 40.7. The van der Waals surface area contributed by atoms with Crippen LogP contribution in [0.25, 0.3) is 5.65 Å². The van der Waals surface area contributed by atoms with E-state index in [9.17, 15) is 24.5 Å². The zero-order valence-corrected chi connectivity index (χ0v) is 33.4. The number of carbonyl (C=O) groups excluding carboxylic acids is 3. The van der Waals surface area contributed by atoms with Gasteiger partial charge in [-0.3, -0.25) is 4.79 Å². The van der Waals surface area contributed by atoms with Crippen molar-refractivity contribution >= 4 is 64.2 Å². The number of ether oxygens (including phenoxy) is 2. The summed E-state index contributed by atoms with van der Waals surface area (Å²) >= 11 is 12.3. The molecule has 57 heavy (non-hydrogen) atoms. The lowest BCUT2D eigenvalue weighted by Gasteiger charge is -2.24. The van der Waals surface area contributed by atoms with E-state index in [2.05, 4.69) is 46.2 Å². The fourth-order valence-electron chi connectivity index (χ4n) is 6.57. The van der Waals surface area contributed by atoms with Crippen LogP contribution in [0.3, 0.4) is 0 Å². The number of urea groups is 1. The summed E-state index contributed by atoms with van der Waals surface area (Å²) < 4.78 is 14.4. The maximum atomic E-state index is 13.4. The molecule has 4 aromatic rings. The summed E-state index contributed by atoms with van der Waals surface area (Å²) in [5.41, 5.74) is 1.52. The van der Waals surface area contributed by atoms with Crippen LogP contribution in [0.4, 0.5) is 26.9 Å². The van der Waals surface area contributed by atoms with Crippen LogP contribution in [0.2, 0.25) is 10.2 Å². The third-order valence-electron chi connectivity index (χ3n) is 9.25. The molecule has 1 saturated carbocycles. The number of alkyl carbamates (subject to hydrolysis) is 1. The van der Waals surface area contributed by atoms with E-state index in [0.717, 1.165) is 44.5 Å². The smallest absolute Gasteiger partial charge is 0.434 e. The first-order valence-corrected chi connectivity index (χ1v) is 19.6. The number of rotatable bonds is 17. The Morgan fingerprint density at radius 3 is 2.56 bits per heavy atom. The average molecular weight is 830 g/mol. The van der Waals surface area contributed by atoms with Gasteiger partial charge in [-0.15, -0.1) is 0 Å². The second kappa shape index (κ2) is 18.3. The SMILES string of the molecule is CC(C)(C)OC(=O)N[C@@H](CCCn1ccnc1[N+](=O)[O-])C(=O)N[C@@H]1CCN(CCCCOc2ncc(Cl)cc2NC(=O)Nc2cnc3cc(Cl)nn3c2C2CC2)C1. The summed E-state index contributed by atoms with van der Waals surface area (Å²) in [6.45, 7) is 7.96. The molecule has 0 spiro atoms. The highest BCUT2D eigenvalue weighted by molar-refractivity contribution is 6.31. The number of halogens is 2. The lowest BCUT2D eigenvalue weighted by atomic mass is 10.1. The summed E-state index contributed by atoms with van der Waals surface area (Å²) in [7, 11) is 0. The van der Waals surface area contributed by atoms with Gasteiger partial charge in [-0.2, -0.15) is 5.10 Å². The van der Waals surface area contributed by atoms with Crippen LogP contribution in [0.15, 0.2) is 36.9 Å². The Labute approximate surface area is 338 Å². The van der Waals surface area contributed by atoms with Crippen molar-refractivity contribution in [2.45, 2.75) is 95.9 Å². The predicted molar refractivity (Wildman–Crippen MR) is 211 cm³/mol. The van der Waals surface area contributed by atoms with Gasteiger partial charge in [0.15, 0.2) is 10.8 Å². The van der Waals surface area contributed by atoms with E-state index in [4.69, 9.17) is 32.7 Å². The molecule has 0 aromatic carbocycles. The first kappa shape index (κ1) is 41.4. The molecular weight excluding hydrogens is 783 g/mol. The van der Waals surface area contributed by atoms with Crippen molar-refractivity contribution in [2.24, 2.45) is 0 Å². The molecule has 1 aliphatic carbocycles. The van der Waals surface area contributed by atoms with E-state index in [-0.39, 0.29) is 42.7 Å². The van der Waals surface area contributed by atoms with Crippen molar-refractivity contribution in [3.05, 3.63) is 62.9 Å². The number of unbranched alkanes of at least 4 members (excludes halogenated alkanes) is 1. The van der Waals surface area contributed by atoms with Crippen molar-refractivity contribution in [1.82, 2.24) is 44.7 Å². The van der Waals surface area contributed by atoms with Gasteiger partial charge in [-0.1, -0.05) is 28.2 Å². The molecule has 6 rings (SSSR count). The number of amides is 4. The van der Waals surface area contributed by atoms with Gasteiger partial charge < -0.3 is 45.8 Å². The first-order valence-electron chi connectivity index (χ1n) is 18.8. The number of carbonyl (C=O) groups is 3. The molecule has 0 unspecified atom stereocenters. The molecule has 1 aliphatic heterocycles. The van der Waals surface area contributed by atoms with E-state index in [0.29, 0.717) is 53.2 Å². The number of pyridine rings is 1. The average Bonchev–Trinajstić information content (AvgIpc) is 3.48. The Bertz CT molecular complexity index is 2080. The minimum absolute atomic E-state index is 0.125. The van der Waals surface area contributed by atoms with Gasteiger partial charge in [0, 0.05) is 37.3 Å². The van der Waals surface area contributed by atoms with E-state index in [1.165, 1.54) is 23.2 Å². The Kier molecular flexibility index (Phi) is 13.3. The van der Waals surface area contributed by atoms with Crippen LogP contribution in [-0.4, -0.2) is 101 Å². The highest BCUT2D eigenvalue weighted by Crippen LogP contribution is 2.43. The van der Waals surface area contributed by atoms with Gasteiger partial charge in [0.05, 0.1) is 35.8 Å². The van der Waals surface area contributed by atoms with Crippen molar-refractivity contribution in [3.63, 3.8) is 0 Å². The number of likely N-dealkylation sites (tertiary alicyclic amines) is 1. The second-order valence-electron chi connectivity index (χ2n) is 15.0. The van der Waals surface area contributed by atoms with Gasteiger partial charge in [0.25, 0.3) is 0 Å². The van der Waals surface area contributed by atoms with Crippen molar-refractivity contribution in [2.75, 3.05) is 36.9 Å². The number of anilines is 2. The molecule has 2 atom stereocenters. The first-order chi connectivity index (χ1) is 27.2. The van der Waals surface area contributed by atoms with Gasteiger partial charge >= 0.3 is 18.1 Å². The summed E-state index contributed by atoms with van der Waals surface area (Å²) in [6.07, 6.45) is 9.95. The van der Waals surface area contributed by atoms with Crippen LogP contribution >= 0.6 is 23.2 Å². The number of hydrogen-bond acceptors (Lipinski definition) is 12. The minimum atomic E-state index is -0.899. The molecule has 5 heterocycles. The van der Waals surface area contributed by atoms with E-state index in [1.54, 1.807) is 43.6 Å². The van der Waals surface area contributed by atoms with Crippen LogP contribution < -0.4 is 26.0 Å². The molecule has 1 saturated heterocycles. The molecule has 306 valence electrons. The number of hydrogen-bond donors (Lipinski definition) is 4. The lowest BCUT2D eigenvalue weighted by Crippen LogP contribution is -2.51. The van der Waals surface area contributed by atoms with Crippen LogP contribution in [0.1, 0.15) is 77.3 Å². The predicted octanol–water partition coefficient (Wildman–Crippen LogP) is 5.78. The summed E-state index contributed by atoms with van der Waals surface area (Å²) in [5.74, 6) is -0.167. The summed E-state index contributed by atoms with van der Waals surface area (Å²) in [6, 6.07) is 1.69. The maximum Gasteiger partial charge on any atom is 0.434 e. The molecule has 2 aliphatic rings. The van der Waals surface area contributed by atoms with Gasteiger partial charge in [-0.05, 0) is 83.3 Å². The zero-order valence-electron chi connectivity index (χ0n) is 31.9. The molecular formula is C36H46Cl2N12O7. The fourth-order valence-corrected chi connectivity index (χ4v) is 6.90. The van der Waals surface area contributed by atoms with Gasteiger partial charge in [0.2, 0.25) is 11.8 Å². The summed E-state index contributed by atoms with van der Waals surface area (Å²) in [5, 5.41) is 27.6. The van der Waals surface area contributed by atoms with Crippen LogP contribution in [0.5, 0.6) is 5.88 Å². The molecule has 4 aromatic heterocycles. The van der Waals surface area contributed by atoms with E-state index >= 15 is 0 Å².